The standard InChI is InChI=1S/C16H24N2O3S/c1-2-17-11-12-18-16(19)13-7-9-15(10-8-13)22(20,21)14-5-3-4-6-14/h7-10,14,17H,2-6,11-12H2,1H3,(H,18,19). The van der Waals surface area contributed by atoms with Crippen molar-refractivity contribution in [3.05, 3.63) is 29.8 Å². The summed E-state index contributed by atoms with van der Waals surface area (Å²) in [5.41, 5.74) is 0.488. The van der Waals surface area contributed by atoms with Gasteiger partial charge >= 0.3 is 0 Å². The lowest BCUT2D eigenvalue weighted by Crippen LogP contribution is -2.31. The van der Waals surface area contributed by atoms with E-state index in [1.165, 1.54) is 0 Å². The van der Waals surface area contributed by atoms with E-state index in [0.717, 1.165) is 38.8 Å². The molecule has 0 spiro atoms. The number of rotatable bonds is 7. The van der Waals surface area contributed by atoms with Crippen LogP contribution in [0, 0.1) is 0 Å². The van der Waals surface area contributed by atoms with Gasteiger partial charge in [0.05, 0.1) is 10.1 Å². The highest BCUT2D eigenvalue weighted by Crippen LogP contribution is 2.29. The van der Waals surface area contributed by atoms with Gasteiger partial charge in [-0.2, -0.15) is 0 Å². The molecule has 1 aromatic rings. The first-order chi connectivity index (χ1) is 10.6. The Morgan fingerprint density at radius 1 is 1.14 bits per heavy atom. The summed E-state index contributed by atoms with van der Waals surface area (Å²) >= 11 is 0. The average Bonchev–Trinajstić information content (AvgIpc) is 3.07. The molecule has 0 radical (unpaired) electrons. The van der Waals surface area contributed by atoms with Crippen LogP contribution in [0.1, 0.15) is 43.0 Å². The quantitative estimate of drug-likeness (QED) is 0.749. The molecular formula is C16H24N2O3S. The maximum absolute atomic E-state index is 12.5. The molecule has 5 nitrogen and oxygen atoms in total. The first kappa shape index (κ1) is 17.0. The molecule has 0 atom stereocenters. The third-order valence-electron chi connectivity index (χ3n) is 4.02. The summed E-state index contributed by atoms with van der Waals surface area (Å²) in [6, 6.07) is 6.27. The van der Waals surface area contributed by atoms with E-state index in [9.17, 15) is 13.2 Å². The van der Waals surface area contributed by atoms with Gasteiger partial charge in [0.1, 0.15) is 0 Å². The molecule has 2 rings (SSSR count). The first-order valence-electron chi connectivity index (χ1n) is 7.88. The van der Waals surface area contributed by atoms with Crippen molar-refractivity contribution in [1.82, 2.24) is 10.6 Å². The van der Waals surface area contributed by atoms with Crippen LogP contribution in [0.25, 0.3) is 0 Å². The monoisotopic (exact) mass is 324 g/mol. The van der Waals surface area contributed by atoms with Gasteiger partial charge in [0.25, 0.3) is 5.91 Å². The molecule has 1 amide bonds. The van der Waals surface area contributed by atoms with E-state index in [-0.39, 0.29) is 11.2 Å². The van der Waals surface area contributed by atoms with Crippen molar-refractivity contribution in [3.63, 3.8) is 0 Å². The second kappa shape index (κ2) is 7.74. The molecule has 22 heavy (non-hydrogen) atoms. The topological polar surface area (TPSA) is 75.3 Å². The summed E-state index contributed by atoms with van der Waals surface area (Å²) in [4.78, 5) is 12.3. The Hall–Kier alpha value is -1.40. The number of benzene rings is 1. The van der Waals surface area contributed by atoms with Crippen molar-refractivity contribution in [3.8, 4) is 0 Å². The maximum atomic E-state index is 12.5. The van der Waals surface area contributed by atoms with Crippen molar-refractivity contribution in [1.29, 1.82) is 0 Å². The van der Waals surface area contributed by atoms with Crippen molar-refractivity contribution in [2.75, 3.05) is 19.6 Å². The number of carbonyl (C=O) groups excluding carboxylic acids is 1. The number of amides is 1. The van der Waals surface area contributed by atoms with Crippen LogP contribution in [-0.2, 0) is 9.84 Å². The lowest BCUT2D eigenvalue weighted by atomic mass is 10.2. The summed E-state index contributed by atoms with van der Waals surface area (Å²) in [7, 11) is -3.25. The summed E-state index contributed by atoms with van der Waals surface area (Å²) < 4.78 is 24.9. The maximum Gasteiger partial charge on any atom is 0.251 e. The van der Waals surface area contributed by atoms with Crippen LogP contribution < -0.4 is 10.6 Å². The zero-order valence-electron chi connectivity index (χ0n) is 13.0. The van der Waals surface area contributed by atoms with Crippen LogP contribution >= 0.6 is 0 Å². The Balaban J connectivity index is 1.99. The molecule has 1 fully saturated rings. The largest absolute Gasteiger partial charge is 0.351 e. The second-order valence-electron chi connectivity index (χ2n) is 5.59. The summed E-state index contributed by atoms with van der Waals surface area (Å²) in [5.74, 6) is -0.178. The minimum absolute atomic E-state index is 0.178. The van der Waals surface area contributed by atoms with Crippen LogP contribution in [0.2, 0.25) is 0 Å². The van der Waals surface area contributed by atoms with Crippen LogP contribution in [0.4, 0.5) is 0 Å². The fraction of sp³-hybridized carbons (Fsp3) is 0.562. The van der Waals surface area contributed by atoms with E-state index in [2.05, 4.69) is 10.6 Å². The smallest absolute Gasteiger partial charge is 0.251 e. The van der Waals surface area contributed by atoms with Gasteiger partial charge in [-0.3, -0.25) is 4.79 Å². The molecule has 1 aliphatic carbocycles. The molecule has 1 saturated carbocycles. The van der Waals surface area contributed by atoms with Crippen LogP contribution in [0.5, 0.6) is 0 Å². The summed E-state index contributed by atoms with van der Waals surface area (Å²) in [6.07, 6.45) is 3.45. The minimum atomic E-state index is -3.25. The molecule has 0 aliphatic heterocycles. The molecule has 0 aromatic heterocycles. The number of hydrogen-bond acceptors (Lipinski definition) is 4. The highest BCUT2D eigenvalue weighted by molar-refractivity contribution is 7.92. The third kappa shape index (κ3) is 4.08. The van der Waals surface area contributed by atoms with Gasteiger partial charge in [-0.1, -0.05) is 19.8 Å². The highest BCUT2D eigenvalue weighted by atomic mass is 32.2. The van der Waals surface area contributed by atoms with E-state index >= 15 is 0 Å². The number of sulfone groups is 1. The summed E-state index contributed by atoms with van der Waals surface area (Å²) in [5, 5.41) is 5.66. The lowest BCUT2D eigenvalue weighted by Gasteiger charge is -2.11. The van der Waals surface area contributed by atoms with Gasteiger partial charge < -0.3 is 10.6 Å². The molecule has 0 bridgehead atoms. The van der Waals surface area contributed by atoms with Crippen LogP contribution in [0.3, 0.4) is 0 Å². The molecule has 1 aliphatic rings. The van der Waals surface area contributed by atoms with Crippen molar-refractivity contribution < 1.29 is 13.2 Å². The van der Waals surface area contributed by atoms with Gasteiger partial charge in [0.2, 0.25) is 0 Å². The van der Waals surface area contributed by atoms with E-state index in [4.69, 9.17) is 0 Å². The Bertz CT molecular complexity index is 590. The van der Waals surface area contributed by atoms with Crippen LogP contribution in [0.15, 0.2) is 29.2 Å². The van der Waals surface area contributed by atoms with E-state index < -0.39 is 9.84 Å². The fourth-order valence-electron chi connectivity index (χ4n) is 2.73. The zero-order valence-corrected chi connectivity index (χ0v) is 13.8. The third-order valence-corrected chi connectivity index (χ3v) is 6.30. The lowest BCUT2D eigenvalue weighted by molar-refractivity contribution is 0.0954. The van der Waals surface area contributed by atoms with Crippen molar-refractivity contribution >= 4 is 15.7 Å². The molecule has 1 aromatic carbocycles. The molecule has 0 heterocycles. The van der Waals surface area contributed by atoms with Crippen molar-refractivity contribution in [2.45, 2.75) is 42.8 Å². The molecule has 6 heteroatoms. The molecule has 122 valence electrons. The van der Waals surface area contributed by atoms with Gasteiger partial charge in [0, 0.05) is 18.7 Å². The number of carbonyl (C=O) groups is 1. The predicted octanol–water partition coefficient (Wildman–Crippen LogP) is 1.74. The Morgan fingerprint density at radius 3 is 2.36 bits per heavy atom. The van der Waals surface area contributed by atoms with E-state index in [0.29, 0.717) is 17.0 Å². The normalized spacial score (nSPS) is 15.9. The van der Waals surface area contributed by atoms with Gasteiger partial charge in [-0.15, -0.1) is 0 Å². The summed E-state index contributed by atoms with van der Waals surface area (Å²) in [6.45, 7) is 4.14. The number of likely N-dealkylation sites (N-methyl/N-ethyl adjacent to an activating group) is 1. The van der Waals surface area contributed by atoms with Crippen LogP contribution in [-0.4, -0.2) is 39.2 Å². The first-order valence-corrected chi connectivity index (χ1v) is 9.43. The Labute approximate surface area is 132 Å². The predicted molar refractivity (Wildman–Crippen MR) is 86.8 cm³/mol. The average molecular weight is 324 g/mol. The SMILES string of the molecule is CCNCCNC(=O)c1ccc(S(=O)(=O)C2CCCC2)cc1. The Morgan fingerprint density at radius 2 is 1.77 bits per heavy atom. The molecule has 2 N–H and O–H groups in total. The molecule has 0 saturated heterocycles. The van der Waals surface area contributed by atoms with Crippen molar-refractivity contribution in [2.24, 2.45) is 0 Å². The molecular weight excluding hydrogens is 300 g/mol. The minimum Gasteiger partial charge on any atom is -0.351 e. The molecule has 0 unspecified atom stereocenters. The van der Waals surface area contributed by atoms with E-state index in [1.54, 1.807) is 24.3 Å². The number of hydrogen-bond donors (Lipinski definition) is 2. The Kier molecular flexibility index (Phi) is 5.97. The van der Waals surface area contributed by atoms with E-state index in [1.807, 2.05) is 6.92 Å². The van der Waals surface area contributed by atoms with Gasteiger partial charge in [0.15, 0.2) is 9.84 Å². The fourth-order valence-corrected chi connectivity index (χ4v) is 4.58. The zero-order chi connectivity index (χ0) is 16.0. The second-order valence-corrected chi connectivity index (χ2v) is 7.81. The highest BCUT2D eigenvalue weighted by Gasteiger charge is 2.30. The number of nitrogens with one attached hydrogen (secondary N) is 2. The van der Waals surface area contributed by atoms with Gasteiger partial charge in [-0.05, 0) is 43.7 Å². The van der Waals surface area contributed by atoms with Gasteiger partial charge in [-0.25, -0.2) is 8.42 Å².